The van der Waals surface area contributed by atoms with Gasteiger partial charge in [-0.3, -0.25) is 19.1 Å². The number of imide groups is 1. The summed E-state index contributed by atoms with van der Waals surface area (Å²) in [5.74, 6) is -1.73. The molecular weight excluding hydrogens is 792 g/mol. The summed E-state index contributed by atoms with van der Waals surface area (Å²) in [6.07, 6.45) is 2.65. The molecule has 3 amide bonds. The number of nitrogen functional groups attached to an aromatic ring is 1. The molecule has 1 heterocycles. The van der Waals surface area contributed by atoms with Crippen LogP contribution in [0.15, 0.2) is 52.1 Å². The molecule has 11 nitrogen and oxygen atoms in total. The van der Waals surface area contributed by atoms with Crippen molar-refractivity contribution in [1.29, 1.82) is 5.26 Å². The van der Waals surface area contributed by atoms with E-state index in [0.29, 0.717) is 7.14 Å². The third kappa shape index (κ3) is 9.06. The number of urea groups is 1. The number of anilines is 2. The number of benzene rings is 2. The zero-order chi connectivity index (χ0) is 29.1. The van der Waals surface area contributed by atoms with Gasteiger partial charge >= 0.3 is 11.7 Å². The number of amides is 3. The van der Waals surface area contributed by atoms with Gasteiger partial charge in [0.15, 0.2) is 0 Å². The van der Waals surface area contributed by atoms with Crippen LogP contribution in [0.2, 0.25) is 0 Å². The maximum atomic E-state index is 14.0. The molecule has 0 unspecified atom stereocenters. The summed E-state index contributed by atoms with van der Waals surface area (Å²) < 4.78 is 31.3. The lowest BCUT2D eigenvalue weighted by molar-refractivity contribution is -0.127. The molecule has 0 bridgehead atoms. The van der Waals surface area contributed by atoms with Crippen LogP contribution < -0.4 is 22.3 Å². The van der Waals surface area contributed by atoms with Gasteiger partial charge in [0.25, 0.3) is 5.56 Å². The van der Waals surface area contributed by atoms with Crippen molar-refractivity contribution in [2.75, 3.05) is 11.1 Å². The van der Waals surface area contributed by atoms with Gasteiger partial charge in [-0.2, -0.15) is 5.26 Å². The van der Waals surface area contributed by atoms with Crippen molar-refractivity contribution in [3.05, 3.63) is 82.1 Å². The van der Waals surface area contributed by atoms with Crippen LogP contribution in [-0.4, -0.2) is 37.5 Å². The fourth-order valence-electron chi connectivity index (χ4n) is 3.88. The highest BCUT2D eigenvalue weighted by molar-refractivity contribution is 14.1. The van der Waals surface area contributed by atoms with E-state index in [9.17, 15) is 28.0 Å². The summed E-state index contributed by atoms with van der Waals surface area (Å²) >= 11 is 3.94. The Morgan fingerprint density at radius 1 is 1.00 bits per heavy atom. The number of aromatic nitrogens is 2. The lowest BCUT2D eigenvalue weighted by Gasteiger charge is -2.20. The van der Waals surface area contributed by atoms with Crippen molar-refractivity contribution >= 4 is 68.6 Å². The lowest BCUT2D eigenvalue weighted by atomic mass is 10.3. The predicted molar refractivity (Wildman–Crippen MR) is 177 cm³/mol. The molecule has 2 fully saturated rings. The summed E-state index contributed by atoms with van der Waals surface area (Å²) in [6.45, 7) is 0. The van der Waals surface area contributed by atoms with E-state index in [4.69, 9.17) is 11.0 Å². The molecule has 0 radical (unpaired) electrons. The minimum absolute atomic E-state index is 0. The lowest BCUT2D eigenvalue weighted by Crippen LogP contribution is -2.41. The molecule has 2 aliphatic rings. The number of hydrogen-bond donors (Lipinski definition) is 2. The van der Waals surface area contributed by atoms with Crippen molar-refractivity contribution in [3.63, 3.8) is 0 Å². The van der Waals surface area contributed by atoms with Gasteiger partial charge in [-0.1, -0.05) is 14.9 Å². The number of nitriles is 1. The number of nitrogens with two attached hydrogens (primary N) is 1. The quantitative estimate of drug-likeness (QED) is 0.344. The number of hydrogen-bond acceptors (Lipinski definition) is 6. The first-order valence-corrected chi connectivity index (χ1v) is 14.2. The molecule has 2 aromatic carbocycles. The van der Waals surface area contributed by atoms with Crippen LogP contribution in [0.4, 0.5) is 25.1 Å². The molecule has 0 spiro atoms. The summed E-state index contributed by atoms with van der Waals surface area (Å²) in [4.78, 5) is 49.1. The fourth-order valence-corrected chi connectivity index (χ4v) is 4.79. The van der Waals surface area contributed by atoms with E-state index in [1.54, 1.807) is 18.2 Å². The summed E-state index contributed by atoms with van der Waals surface area (Å²) in [6, 6.07) is 10.8. The largest absolute Gasteiger partial charge is 0.412 e. The Labute approximate surface area is 274 Å². The number of nitrogens with zero attached hydrogens (tertiary/aromatic N) is 4. The maximum absolute atomic E-state index is 14.0. The van der Waals surface area contributed by atoms with Crippen LogP contribution in [0.1, 0.15) is 53.0 Å². The smallest absolute Gasteiger partial charge is 0.337 e. The monoisotopic (exact) mass is 824 g/mol. The predicted octanol–water partition coefficient (Wildman–Crippen LogP) is 4.97. The molecule has 3 aromatic rings. The minimum atomic E-state index is -0.687. The maximum Gasteiger partial charge on any atom is 0.337 e. The van der Waals surface area contributed by atoms with E-state index in [0.717, 1.165) is 45.8 Å². The highest BCUT2D eigenvalue weighted by atomic mass is 127. The number of rotatable bonds is 5. The number of nitrogens with one attached hydrogen (secondary N) is 1. The van der Waals surface area contributed by atoms with E-state index in [2.05, 4.69) is 5.32 Å². The molecule has 5 rings (SSSR count). The van der Waals surface area contributed by atoms with Crippen LogP contribution in [0, 0.1) is 30.1 Å². The molecule has 232 valence electrons. The Morgan fingerprint density at radius 3 is 2.09 bits per heavy atom. The Morgan fingerprint density at radius 2 is 1.58 bits per heavy atom. The molecule has 2 saturated carbocycles. The normalized spacial score (nSPS) is 13.0. The highest BCUT2D eigenvalue weighted by Gasteiger charge is 2.37. The number of halogens is 4. The first-order chi connectivity index (χ1) is 19.0. The standard InChI is InChI=1S/2C13H11FIN3O2.2CH4.H2O/c14-9-5-7(15)1-4-10(9)18-11(16)6-12(19)17(13(18)20)8-2-3-8;14-10-7-8(15)1-4-11(10)17-13(20)18(9-2-3-9)12(19)5-6-16;;;/h1,4-6,8H,2-3,16H2;1,4,7,9H,2-3,5H2,(H,17,20);2*1H4;1H2. The molecule has 0 saturated heterocycles. The zero-order valence-electron chi connectivity index (χ0n) is 21.2. The van der Waals surface area contributed by atoms with Crippen LogP contribution in [0.25, 0.3) is 5.69 Å². The van der Waals surface area contributed by atoms with Gasteiger partial charge in [0.05, 0.1) is 17.4 Å². The molecule has 2 aliphatic carbocycles. The van der Waals surface area contributed by atoms with Crippen LogP contribution >= 0.6 is 45.2 Å². The average molecular weight is 824 g/mol. The molecular formula is C28H32F2I2N6O5. The molecule has 0 atom stereocenters. The van der Waals surface area contributed by atoms with Gasteiger partial charge in [-0.25, -0.2) is 22.9 Å². The summed E-state index contributed by atoms with van der Waals surface area (Å²) in [7, 11) is 0. The van der Waals surface area contributed by atoms with Crippen LogP contribution in [-0.2, 0) is 4.79 Å². The van der Waals surface area contributed by atoms with Gasteiger partial charge in [0.1, 0.15) is 23.9 Å². The second-order valence-electron chi connectivity index (χ2n) is 9.11. The number of carbonyl (C=O) groups excluding carboxylic acids is 2. The van der Waals surface area contributed by atoms with Crippen molar-refractivity contribution < 1.29 is 23.8 Å². The fraction of sp³-hybridized carbons (Fsp3) is 0.321. The third-order valence-corrected chi connectivity index (χ3v) is 7.37. The molecule has 15 heteroatoms. The summed E-state index contributed by atoms with van der Waals surface area (Å²) in [5, 5.41) is 10.9. The second-order valence-corrected chi connectivity index (χ2v) is 11.6. The van der Waals surface area contributed by atoms with Crippen molar-refractivity contribution in [2.24, 2.45) is 0 Å². The SMILES string of the molecule is C.C.N#CCC(=O)N(C(=O)Nc1ccc(I)cc1F)C1CC1.Nc1cc(=O)n(C2CC2)c(=O)n1-c1ccc(I)cc1F.O. The topological polar surface area (TPSA) is 175 Å². The summed E-state index contributed by atoms with van der Waals surface area (Å²) in [5.41, 5.74) is 4.79. The van der Waals surface area contributed by atoms with Gasteiger partial charge < -0.3 is 16.5 Å². The molecule has 0 aliphatic heterocycles. The Kier molecular flexibility index (Phi) is 13.9. The minimum Gasteiger partial charge on any atom is -0.412 e. The Bertz CT molecular complexity index is 1650. The van der Waals surface area contributed by atoms with Gasteiger partial charge in [0.2, 0.25) is 5.91 Å². The van der Waals surface area contributed by atoms with E-state index in [1.165, 1.54) is 24.3 Å². The molecule has 43 heavy (non-hydrogen) atoms. The van der Waals surface area contributed by atoms with Crippen LogP contribution in [0.3, 0.4) is 0 Å². The van der Waals surface area contributed by atoms with Crippen molar-refractivity contribution in [1.82, 2.24) is 14.0 Å². The molecule has 5 N–H and O–H groups in total. The van der Waals surface area contributed by atoms with E-state index >= 15 is 0 Å². The van der Waals surface area contributed by atoms with E-state index < -0.39 is 34.8 Å². The zero-order valence-corrected chi connectivity index (χ0v) is 25.6. The van der Waals surface area contributed by atoms with Gasteiger partial charge in [-0.05, 0) is 107 Å². The average Bonchev–Trinajstić information content (AvgIpc) is 3.79. The van der Waals surface area contributed by atoms with E-state index in [-0.39, 0.29) is 56.0 Å². The highest BCUT2D eigenvalue weighted by Crippen LogP contribution is 2.32. The van der Waals surface area contributed by atoms with Gasteiger partial charge in [-0.15, -0.1) is 0 Å². The first kappa shape index (κ1) is 37.7. The van der Waals surface area contributed by atoms with Crippen molar-refractivity contribution in [2.45, 2.75) is 59.0 Å². The molecule has 1 aromatic heterocycles. The van der Waals surface area contributed by atoms with E-state index in [1.807, 2.05) is 45.2 Å². The van der Waals surface area contributed by atoms with Crippen molar-refractivity contribution in [3.8, 4) is 11.8 Å². The Balaban J connectivity index is 0.000000402. The number of carbonyl (C=O) groups is 2. The van der Waals surface area contributed by atoms with Gasteiger partial charge in [0, 0.05) is 25.3 Å². The third-order valence-electron chi connectivity index (χ3n) is 6.03. The second kappa shape index (κ2) is 15.9. The van der Waals surface area contributed by atoms with Crippen LogP contribution in [0.5, 0.6) is 0 Å². The first-order valence-electron chi connectivity index (χ1n) is 12.1. The Hall–Kier alpha value is -3.37.